The third-order valence-electron chi connectivity index (χ3n) is 2.04. The molecular weight excluding hydrogens is 160 g/mol. The lowest BCUT2D eigenvalue weighted by atomic mass is 10.0. The predicted octanol–water partition coefficient (Wildman–Crippen LogP) is 3.45. The molecule has 0 radical (unpaired) electrons. The van der Waals surface area contributed by atoms with Crippen molar-refractivity contribution in [2.75, 3.05) is 0 Å². The Kier molecular flexibility index (Phi) is 2.81. The second-order valence-corrected chi connectivity index (χ2v) is 3.14. The quantitative estimate of drug-likeness (QED) is 0.593. The summed E-state index contributed by atoms with van der Waals surface area (Å²) in [5, 5.41) is 0. The topological polar surface area (TPSA) is 17.2 Å². The summed E-state index contributed by atoms with van der Waals surface area (Å²) >= 11 is 0. The van der Waals surface area contributed by atoms with Crippen LogP contribution in [-0.2, 0) is 0 Å². The van der Waals surface area contributed by atoms with E-state index < -0.39 is 0 Å². The number of aromatic nitrogens is 1. The maximum atomic E-state index is 6.84. The molecule has 2 heteroatoms. The largest absolute Gasteiger partial charge is 0.361 e. The van der Waals surface area contributed by atoms with Gasteiger partial charge in [0.05, 0.1) is 0 Å². The number of hydrogen-bond acceptors (Lipinski definition) is 1. The van der Waals surface area contributed by atoms with Crippen LogP contribution in [0, 0.1) is 6.57 Å². The van der Waals surface area contributed by atoms with Gasteiger partial charge in [-0.2, -0.15) is 0 Å². The highest BCUT2D eigenvalue weighted by atomic mass is 14.8. The molecule has 0 atom stereocenters. The van der Waals surface area contributed by atoms with Crippen LogP contribution in [-0.4, -0.2) is 4.98 Å². The molecule has 0 bridgehead atoms. The molecule has 2 nitrogen and oxygen atoms in total. The predicted molar refractivity (Wildman–Crippen MR) is 54.4 cm³/mol. The Morgan fingerprint density at radius 1 is 1.38 bits per heavy atom. The van der Waals surface area contributed by atoms with Crippen LogP contribution < -0.4 is 0 Å². The molecule has 0 amide bonds. The van der Waals surface area contributed by atoms with Crippen LogP contribution >= 0.6 is 0 Å². The van der Waals surface area contributed by atoms with Crippen LogP contribution in [0.15, 0.2) is 23.9 Å². The van der Waals surface area contributed by atoms with Gasteiger partial charge in [0.15, 0.2) is 0 Å². The van der Waals surface area contributed by atoms with Crippen molar-refractivity contribution >= 4 is 11.4 Å². The van der Waals surface area contributed by atoms with Crippen LogP contribution in [0.2, 0.25) is 0 Å². The minimum absolute atomic E-state index is 0.457. The minimum Gasteiger partial charge on any atom is -0.361 e. The highest BCUT2D eigenvalue weighted by molar-refractivity contribution is 5.68. The van der Waals surface area contributed by atoms with E-state index >= 15 is 0 Å². The molecule has 0 aromatic carbocycles. The minimum atomic E-state index is 0.457. The van der Waals surface area contributed by atoms with Crippen molar-refractivity contribution in [2.24, 2.45) is 0 Å². The summed E-state index contributed by atoms with van der Waals surface area (Å²) < 4.78 is 0. The zero-order chi connectivity index (χ0) is 9.84. The first-order valence-corrected chi connectivity index (χ1v) is 4.13. The third-order valence-corrected chi connectivity index (χ3v) is 2.04. The fraction of sp³-hybridized carbons (Fsp3) is 0.273. The monoisotopic (exact) mass is 172 g/mol. The van der Waals surface area contributed by atoms with E-state index in [0.717, 1.165) is 5.56 Å². The van der Waals surface area contributed by atoms with Crippen molar-refractivity contribution in [3.05, 3.63) is 40.9 Å². The molecule has 1 aromatic heterocycles. The van der Waals surface area contributed by atoms with Gasteiger partial charge in [-0.3, -0.25) is 0 Å². The summed E-state index contributed by atoms with van der Waals surface area (Å²) in [7, 11) is 0. The van der Waals surface area contributed by atoms with Crippen molar-refractivity contribution in [1.29, 1.82) is 0 Å². The molecule has 0 aliphatic rings. The smallest absolute Gasteiger partial charge is 0.270 e. The molecule has 1 heterocycles. The van der Waals surface area contributed by atoms with Crippen LogP contribution in [0.25, 0.3) is 10.4 Å². The lowest BCUT2D eigenvalue weighted by molar-refractivity contribution is 1.31. The van der Waals surface area contributed by atoms with Crippen molar-refractivity contribution in [3.63, 3.8) is 0 Å². The highest BCUT2D eigenvalue weighted by Crippen LogP contribution is 2.20. The summed E-state index contributed by atoms with van der Waals surface area (Å²) in [5.41, 5.74) is 3.57. The van der Waals surface area contributed by atoms with E-state index in [9.17, 15) is 0 Å². The zero-order valence-corrected chi connectivity index (χ0v) is 8.13. The molecule has 0 saturated heterocycles. The maximum Gasteiger partial charge on any atom is 0.270 e. The standard InChI is InChI=1S/C11H12N2/c1-8(2)9(3)10-5-6-13-11(7-10)12-4/h5-7H,1-3H3. The van der Waals surface area contributed by atoms with Crippen molar-refractivity contribution in [2.45, 2.75) is 20.8 Å². The van der Waals surface area contributed by atoms with E-state index in [0.29, 0.717) is 5.82 Å². The van der Waals surface area contributed by atoms with Gasteiger partial charge in [-0.25, -0.2) is 0 Å². The van der Waals surface area contributed by atoms with E-state index in [1.54, 1.807) is 6.20 Å². The fourth-order valence-corrected chi connectivity index (χ4v) is 1.00. The normalized spacial score (nSPS) is 9.08. The molecule has 1 aromatic rings. The first kappa shape index (κ1) is 9.47. The lowest BCUT2D eigenvalue weighted by Crippen LogP contribution is -1.82. The molecule has 0 saturated carbocycles. The van der Waals surface area contributed by atoms with Crippen LogP contribution in [0.3, 0.4) is 0 Å². The van der Waals surface area contributed by atoms with Crippen molar-refractivity contribution in [3.8, 4) is 0 Å². The van der Waals surface area contributed by atoms with E-state index in [1.165, 1.54) is 11.1 Å². The second-order valence-electron chi connectivity index (χ2n) is 3.14. The first-order chi connectivity index (χ1) is 6.15. The van der Waals surface area contributed by atoms with E-state index in [4.69, 9.17) is 6.57 Å². The van der Waals surface area contributed by atoms with Gasteiger partial charge < -0.3 is 4.85 Å². The Hall–Kier alpha value is -1.62. The SMILES string of the molecule is [C-]#[N+]c1cc(C(C)=C(C)C)ccn1. The molecule has 0 fully saturated rings. The molecule has 66 valence electrons. The van der Waals surface area contributed by atoms with E-state index in [2.05, 4.69) is 30.6 Å². The first-order valence-electron chi connectivity index (χ1n) is 4.13. The number of hydrogen-bond donors (Lipinski definition) is 0. The Labute approximate surface area is 78.8 Å². The molecule has 0 N–H and O–H groups in total. The molecule has 0 aliphatic carbocycles. The third kappa shape index (κ3) is 2.16. The summed E-state index contributed by atoms with van der Waals surface area (Å²) in [6.45, 7) is 13.0. The Morgan fingerprint density at radius 2 is 2.08 bits per heavy atom. The van der Waals surface area contributed by atoms with E-state index in [-0.39, 0.29) is 0 Å². The molecule has 1 rings (SSSR count). The lowest BCUT2D eigenvalue weighted by Gasteiger charge is -2.02. The molecule has 0 spiro atoms. The summed E-state index contributed by atoms with van der Waals surface area (Å²) in [6, 6.07) is 3.74. The molecular formula is C11H12N2. The highest BCUT2D eigenvalue weighted by Gasteiger charge is 1.99. The second kappa shape index (κ2) is 3.86. The van der Waals surface area contributed by atoms with Crippen LogP contribution in [0.1, 0.15) is 26.3 Å². The van der Waals surface area contributed by atoms with Crippen LogP contribution in [0.4, 0.5) is 5.82 Å². The van der Waals surface area contributed by atoms with Gasteiger partial charge in [0.1, 0.15) is 6.20 Å². The summed E-state index contributed by atoms with van der Waals surface area (Å²) in [5.74, 6) is 0.457. The Balaban J connectivity index is 3.19. The van der Waals surface area contributed by atoms with Gasteiger partial charge in [0, 0.05) is 0 Å². The number of nitrogens with zero attached hydrogens (tertiary/aromatic N) is 2. The maximum absolute atomic E-state index is 6.84. The Morgan fingerprint density at radius 3 is 2.62 bits per heavy atom. The van der Waals surface area contributed by atoms with Gasteiger partial charge in [0.2, 0.25) is 0 Å². The number of rotatable bonds is 1. The Bertz CT molecular complexity index is 379. The van der Waals surface area contributed by atoms with Gasteiger partial charge in [-0.05, 0) is 44.0 Å². The summed E-state index contributed by atoms with van der Waals surface area (Å²) in [6.07, 6.45) is 1.68. The van der Waals surface area contributed by atoms with Crippen LogP contribution in [0.5, 0.6) is 0 Å². The van der Waals surface area contributed by atoms with Crippen molar-refractivity contribution < 1.29 is 0 Å². The van der Waals surface area contributed by atoms with Gasteiger partial charge in [-0.1, -0.05) is 12.1 Å². The van der Waals surface area contributed by atoms with E-state index in [1.807, 2.05) is 12.1 Å². The average Bonchev–Trinajstić information content (AvgIpc) is 2.16. The zero-order valence-electron chi connectivity index (χ0n) is 8.13. The fourth-order valence-electron chi connectivity index (χ4n) is 1.00. The van der Waals surface area contributed by atoms with Gasteiger partial charge >= 0.3 is 0 Å². The molecule has 0 unspecified atom stereocenters. The van der Waals surface area contributed by atoms with Crippen molar-refractivity contribution in [1.82, 2.24) is 4.98 Å². The molecule has 13 heavy (non-hydrogen) atoms. The number of allylic oxidation sites excluding steroid dienone is 2. The van der Waals surface area contributed by atoms with Gasteiger partial charge in [-0.15, -0.1) is 4.98 Å². The average molecular weight is 172 g/mol. The summed E-state index contributed by atoms with van der Waals surface area (Å²) in [4.78, 5) is 7.21. The number of pyridine rings is 1. The van der Waals surface area contributed by atoms with Gasteiger partial charge in [0.25, 0.3) is 5.82 Å². The molecule has 0 aliphatic heterocycles.